The first-order chi connectivity index (χ1) is 15.6. The summed E-state index contributed by atoms with van der Waals surface area (Å²) in [7, 11) is 0. The van der Waals surface area contributed by atoms with E-state index in [-0.39, 0.29) is 6.03 Å². The van der Waals surface area contributed by atoms with E-state index in [0.717, 1.165) is 31.2 Å². The first-order valence-corrected chi connectivity index (χ1v) is 11.9. The van der Waals surface area contributed by atoms with Gasteiger partial charge in [-0.1, -0.05) is 67.9 Å². The minimum Gasteiger partial charge on any atom is -0.478 e. The van der Waals surface area contributed by atoms with E-state index in [1.165, 1.54) is 20.3 Å². The van der Waals surface area contributed by atoms with E-state index in [9.17, 15) is 14.7 Å². The summed E-state index contributed by atoms with van der Waals surface area (Å²) >= 11 is 12.2. The van der Waals surface area contributed by atoms with Crippen LogP contribution in [0.2, 0.25) is 10.0 Å². The van der Waals surface area contributed by atoms with Gasteiger partial charge in [0, 0.05) is 18.1 Å². The zero-order valence-corrected chi connectivity index (χ0v) is 20.9. The molecule has 8 heteroatoms. The molecule has 0 unspecified atom stereocenters. The maximum Gasteiger partial charge on any atom is 0.347 e. The molecule has 0 aromatic heterocycles. The Kier molecular flexibility index (Phi) is 10.3. The maximum absolute atomic E-state index is 13.0. The van der Waals surface area contributed by atoms with Gasteiger partial charge in [-0.25, -0.2) is 9.59 Å². The number of halogens is 2. The molecule has 0 fully saturated rings. The summed E-state index contributed by atoms with van der Waals surface area (Å²) in [5.41, 5.74) is 0.0761. The molecular weight excluding hydrogens is 463 g/mol. The highest BCUT2D eigenvalue weighted by molar-refractivity contribution is 6.36. The molecule has 0 saturated heterocycles. The number of amides is 2. The summed E-state index contributed by atoms with van der Waals surface area (Å²) in [6, 6.07) is 11.8. The van der Waals surface area contributed by atoms with E-state index in [0.29, 0.717) is 34.6 Å². The van der Waals surface area contributed by atoms with E-state index < -0.39 is 11.6 Å². The molecule has 33 heavy (non-hydrogen) atoms. The van der Waals surface area contributed by atoms with E-state index >= 15 is 0 Å². The lowest BCUT2D eigenvalue weighted by Gasteiger charge is -2.24. The van der Waals surface area contributed by atoms with E-state index in [1.54, 1.807) is 35.2 Å². The standard InChI is InChI=1S/C25H32Cl2N2O4/c1-4-5-6-7-8-15-29(24(32)28-22-14-11-19(26)16-21(22)27)17-18-9-12-20(13-10-18)33-25(2,3)23(30)31/h9-14,16H,4-8,15,17H2,1-3H3,(H,28,32)(H,30,31). The Morgan fingerprint density at radius 3 is 2.30 bits per heavy atom. The minimum absolute atomic E-state index is 0.248. The van der Waals surface area contributed by atoms with Crippen LogP contribution in [-0.2, 0) is 11.3 Å². The minimum atomic E-state index is -1.33. The number of ether oxygens (including phenoxy) is 1. The number of unbranched alkanes of at least 4 members (excludes halogenated alkanes) is 4. The van der Waals surface area contributed by atoms with E-state index in [2.05, 4.69) is 12.2 Å². The average Bonchev–Trinajstić information content (AvgIpc) is 2.75. The topological polar surface area (TPSA) is 78.9 Å². The van der Waals surface area contributed by atoms with Crippen LogP contribution in [0.5, 0.6) is 5.75 Å². The molecule has 0 bridgehead atoms. The van der Waals surface area contributed by atoms with Crippen LogP contribution in [0, 0.1) is 0 Å². The first kappa shape index (κ1) is 26.8. The van der Waals surface area contributed by atoms with Gasteiger partial charge in [-0.3, -0.25) is 0 Å². The van der Waals surface area contributed by atoms with Gasteiger partial charge in [0.15, 0.2) is 5.60 Å². The van der Waals surface area contributed by atoms with Crippen LogP contribution in [0.15, 0.2) is 42.5 Å². The Balaban J connectivity index is 2.09. The highest BCUT2D eigenvalue weighted by atomic mass is 35.5. The smallest absolute Gasteiger partial charge is 0.347 e. The number of nitrogens with zero attached hydrogens (tertiary/aromatic N) is 1. The van der Waals surface area contributed by atoms with Gasteiger partial charge in [0.1, 0.15) is 5.75 Å². The second-order valence-electron chi connectivity index (χ2n) is 8.45. The Labute approximate surface area is 205 Å². The van der Waals surface area contributed by atoms with Gasteiger partial charge in [-0.05, 0) is 56.2 Å². The maximum atomic E-state index is 13.0. The van der Waals surface area contributed by atoms with Crippen LogP contribution in [0.4, 0.5) is 10.5 Å². The molecule has 0 atom stereocenters. The summed E-state index contributed by atoms with van der Waals surface area (Å²) in [4.78, 5) is 26.1. The van der Waals surface area contributed by atoms with Crippen molar-refractivity contribution in [3.8, 4) is 5.75 Å². The van der Waals surface area contributed by atoms with Crippen molar-refractivity contribution >= 4 is 40.9 Å². The van der Waals surface area contributed by atoms with Gasteiger partial charge in [-0.2, -0.15) is 0 Å². The van der Waals surface area contributed by atoms with Crippen molar-refractivity contribution in [2.45, 2.75) is 65.0 Å². The number of benzene rings is 2. The summed E-state index contributed by atoms with van der Waals surface area (Å²) in [5, 5.41) is 13.0. The number of carbonyl (C=O) groups is 2. The first-order valence-electron chi connectivity index (χ1n) is 11.1. The third-order valence-corrected chi connectivity index (χ3v) is 5.72. The molecule has 0 heterocycles. The molecule has 2 aromatic carbocycles. The molecule has 0 saturated carbocycles. The van der Waals surface area contributed by atoms with Crippen molar-refractivity contribution in [1.82, 2.24) is 4.90 Å². The molecule has 0 aliphatic rings. The fourth-order valence-corrected chi connectivity index (χ4v) is 3.62. The van der Waals surface area contributed by atoms with Crippen molar-refractivity contribution in [3.63, 3.8) is 0 Å². The van der Waals surface area contributed by atoms with Crippen molar-refractivity contribution < 1.29 is 19.4 Å². The largest absolute Gasteiger partial charge is 0.478 e. The SMILES string of the molecule is CCCCCCCN(Cc1ccc(OC(C)(C)C(=O)O)cc1)C(=O)Nc1ccc(Cl)cc1Cl. The van der Waals surface area contributed by atoms with Crippen LogP contribution >= 0.6 is 23.2 Å². The van der Waals surface area contributed by atoms with Gasteiger partial charge < -0.3 is 20.1 Å². The highest BCUT2D eigenvalue weighted by Crippen LogP contribution is 2.26. The van der Waals surface area contributed by atoms with Crippen molar-refractivity contribution in [3.05, 3.63) is 58.1 Å². The van der Waals surface area contributed by atoms with Crippen molar-refractivity contribution in [1.29, 1.82) is 0 Å². The number of carboxylic acid groups (broad SMARTS) is 1. The number of carbonyl (C=O) groups excluding carboxylic acids is 1. The van der Waals surface area contributed by atoms with Gasteiger partial charge in [0.2, 0.25) is 0 Å². The Morgan fingerprint density at radius 2 is 1.70 bits per heavy atom. The van der Waals surface area contributed by atoms with Gasteiger partial charge in [0.25, 0.3) is 0 Å². The van der Waals surface area contributed by atoms with Crippen LogP contribution in [0.3, 0.4) is 0 Å². The third kappa shape index (κ3) is 8.78. The lowest BCUT2D eigenvalue weighted by Crippen LogP contribution is -2.37. The predicted octanol–water partition coefficient (Wildman–Crippen LogP) is 7.24. The Bertz CT molecular complexity index is 933. The molecule has 0 aliphatic heterocycles. The fraction of sp³-hybridized carbons (Fsp3) is 0.440. The number of hydrogen-bond acceptors (Lipinski definition) is 3. The summed E-state index contributed by atoms with van der Waals surface area (Å²) < 4.78 is 5.56. The van der Waals surface area contributed by atoms with E-state index in [4.69, 9.17) is 27.9 Å². The molecule has 0 radical (unpaired) electrons. The Morgan fingerprint density at radius 1 is 1.03 bits per heavy atom. The number of anilines is 1. The average molecular weight is 495 g/mol. The lowest BCUT2D eigenvalue weighted by atomic mass is 10.1. The summed E-state index contributed by atoms with van der Waals surface area (Å²) in [5.74, 6) is -0.590. The van der Waals surface area contributed by atoms with Gasteiger partial charge in [0.05, 0.1) is 10.7 Å². The van der Waals surface area contributed by atoms with Crippen molar-refractivity contribution in [2.24, 2.45) is 0 Å². The molecule has 6 nitrogen and oxygen atoms in total. The predicted molar refractivity (Wildman–Crippen MR) is 133 cm³/mol. The van der Waals surface area contributed by atoms with Gasteiger partial charge in [-0.15, -0.1) is 0 Å². The van der Waals surface area contributed by atoms with Crippen LogP contribution < -0.4 is 10.1 Å². The molecule has 2 aromatic rings. The van der Waals surface area contributed by atoms with Gasteiger partial charge >= 0.3 is 12.0 Å². The summed E-state index contributed by atoms with van der Waals surface area (Å²) in [6.45, 7) is 6.16. The van der Waals surface area contributed by atoms with Crippen LogP contribution in [-0.4, -0.2) is 34.2 Å². The zero-order chi connectivity index (χ0) is 24.4. The number of carboxylic acids is 1. The number of rotatable bonds is 12. The number of aliphatic carboxylic acids is 1. The molecule has 0 aliphatic carbocycles. The van der Waals surface area contributed by atoms with E-state index in [1.807, 2.05) is 12.1 Å². The quantitative estimate of drug-likeness (QED) is 0.304. The lowest BCUT2D eigenvalue weighted by molar-refractivity contribution is -0.152. The van der Waals surface area contributed by atoms with Crippen LogP contribution in [0.1, 0.15) is 58.4 Å². The number of hydrogen-bond donors (Lipinski definition) is 2. The number of urea groups is 1. The fourth-order valence-electron chi connectivity index (χ4n) is 3.17. The molecule has 0 spiro atoms. The third-order valence-electron chi connectivity index (χ3n) is 5.18. The second-order valence-corrected chi connectivity index (χ2v) is 9.30. The zero-order valence-electron chi connectivity index (χ0n) is 19.4. The highest BCUT2D eigenvalue weighted by Gasteiger charge is 2.29. The molecule has 2 amide bonds. The Hall–Kier alpha value is -2.44. The monoisotopic (exact) mass is 494 g/mol. The normalized spacial score (nSPS) is 11.2. The molecular formula is C25H32Cl2N2O4. The van der Waals surface area contributed by atoms with Crippen LogP contribution in [0.25, 0.3) is 0 Å². The second kappa shape index (κ2) is 12.7. The van der Waals surface area contributed by atoms with Crippen molar-refractivity contribution in [2.75, 3.05) is 11.9 Å². The molecule has 180 valence electrons. The number of nitrogens with one attached hydrogen (secondary N) is 1. The molecule has 2 N–H and O–H groups in total. The molecule has 2 rings (SSSR count). The summed E-state index contributed by atoms with van der Waals surface area (Å²) in [6.07, 6.45) is 5.43.